The number of amides is 1. The zero-order valence-corrected chi connectivity index (χ0v) is 19.5. The second-order valence-corrected chi connectivity index (χ2v) is 9.96. The van der Waals surface area contributed by atoms with E-state index < -0.39 is 17.9 Å². The van der Waals surface area contributed by atoms with Crippen molar-refractivity contribution >= 4 is 23.2 Å². The van der Waals surface area contributed by atoms with Crippen molar-refractivity contribution in [2.75, 3.05) is 18.0 Å². The van der Waals surface area contributed by atoms with Gasteiger partial charge in [-0.15, -0.1) is 0 Å². The van der Waals surface area contributed by atoms with Gasteiger partial charge in [-0.25, -0.2) is 9.48 Å². The maximum atomic E-state index is 13.2. The number of anilines is 1. The maximum absolute atomic E-state index is 13.2. The number of carbonyl (C=O) groups is 1. The number of ether oxygens (including phenoxy) is 1. The lowest BCUT2D eigenvalue weighted by Gasteiger charge is -2.40. The van der Waals surface area contributed by atoms with Gasteiger partial charge in [0.2, 0.25) is 0 Å². The van der Waals surface area contributed by atoms with Gasteiger partial charge in [0, 0.05) is 25.5 Å². The van der Waals surface area contributed by atoms with Crippen LogP contribution >= 0.6 is 0 Å². The quantitative estimate of drug-likeness (QED) is 0.584. The minimum absolute atomic E-state index is 0.0909. The Morgan fingerprint density at radius 2 is 1.89 bits per heavy atom. The molecule has 3 unspecified atom stereocenters. The summed E-state index contributed by atoms with van der Waals surface area (Å²) in [5, 5.41) is 14.0. The number of halogens is 3. The Morgan fingerprint density at radius 1 is 1.20 bits per heavy atom. The standard InChI is InChI=1S/C23H26F3N5O4/c1-22(2,3)35-21(33)31-14-5-6-15(31)12-29(11-14)20-28-16-9-13(19(32)23(24,25)26)10-17(18(16)34-20)30-8-4-7-27-30/h4,7-10,14-15,19,32H,5-6,11-12H2,1-3H3. The van der Waals surface area contributed by atoms with Gasteiger partial charge in [0.25, 0.3) is 6.01 Å². The second-order valence-electron chi connectivity index (χ2n) is 9.96. The van der Waals surface area contributed by atoms with Gasteiger partial charge in [-0.2, -0.15) is 23.3 Å². The summed E-state index contributed by atoms with van der Waals surface area (Å²) >= 11 is 0. The van der Waals surface area contributed by atoms with E-state index in [4.69, 9.17) is 9.15 Å². The third-order valence-corrected chi connectivity index (χ3v) is 6.22. The Hall–Kier alpha value is -3.28. The lowest BCUT2D eigenvalue weighted by molar-refractivity contribution is -0.206. The fraction of sp³-hybridized carbons (Fsp3) is 0.522. The highest BCUT2D eigenvalue weighted by molar-refractivity contribution is 5.84. The summed E-state index contributed by atoms with van der Waals surface area (Å²) in [6, 6.07) is 4.07. The number of hydrogen-bond donors (Lipinski definition) is 1. The lowest BCUT2D eigenvalue weighted by atomic mass is 10.1. The fourth-order valence-electron chi connectivity index (χ4n) is 4.76. The number of hydrogen-bond acceptors (Lipinski definition) is 7. The highest BCUT2D eigenvalue weighted by atomic mass is 19.4. The minimum atomic E-state index is -4.83. The molecule has 1 amide bonds. The van der Waals surface area contributed by atoms with Gasteiger partial charge in [-0.1, -0.05) is 0 Å². The van der Waals surface area contributed by atoms with Gasteiger partial charge in [0.15, 0.2) is 11.7 Å². The van der Waals surface area contributed by atoms with E-state index >= 15 is 0 Å². The number of benzene rings is 1. The van der Waals surface area contributed by atoms with E-state index in [0.717, 1.165) is 12.8 Å². The third-order valence-electron chi connectivity index (χ3n) is 6.22. The molecule has 12 heteroatoms. The molecular formula is C23H26F3N5O4. The van der Waals surface area contributed by atoms with Crippen molar-refractivity contribution < 1.29 is 32.2 Å². The number of carbonyl (C=O) groups excluding carboxylic acids is 1. The highest BCUT2D eigenvalue weighted by Crippen LogP contribution is 2.38. The molecule has 0 saturated carbocycles. The molecule has 5 rings (SSSR count). The molecule has 9 nitrogen and oxygen atoms in total. The monoisotopic (exact) mass is 493 g/mol. The summed E-state index contributed by atoms with van der Waals surface area (Å²) in [6.07, 6.45) is -3.19. The van der Waals surface area contributed by atoms with E-state index in [1.54, 1.807) is 17.2 Å². The number of fused-ring (bicyclic) bond motifs is 3. The topological polar surface area (TPSA) is 96.9 Å². The molecule has 3 aromatic rings. The third kappa shape index (κ3) is 4.42. The van der Waals surface area contributed by atoms with Gasteiger partial charge in [0.1, 0.15) is 16.8 Å². The van der Waals surface area contributed by atoms with Crippen LogP contribution in [-0.2, 0) is 4.74 Å². The molecular weight excluding hydrogens is 467 g/mol. The molecule has 3 atom stereocenters. The predicted molar refractivity (Wildman–Crippen MR) is 119 cm³/mol. The largest absolute Gasteiger partial charge is 0.444 e. The molecule has 0 spiro atoms. The van der Waals surface area contributed by atoms with Crippen LogP contribution in [0.2, 0.25) is 0 Å². The Morgan fingerprint density at radius 3 is 2.46 bits per heavy atom. The summed E-state index contributed by atoms with van der Waals surface area (Å²) in [6.45, 7) is 6.38. The second kappa shape index (κ2) is 8.14. The number of alkyl halides is 3. The normalized spacial score (nSPS) is 21.6. The first-order chi connectivity index (χ1) is 16.4. The number of rotatable bonds is 3. The molecule has 2 aromatic heterocycles. The van der Waals surface area contributed by atoms with E-state index in [1.165, 1.54) is 23.0 Å². The van der Waals surface area contributed by atoms with Crippen LogP contribution in [-0.4, -0.2) is 67.8 Å². The van der Waals surface area contributed by atoms with Gasteiger partial charge < -0.3 is 19.2 Å². The van der Waals surface area contributed by atoms with Crippen molar-refractivity contribution in [3.8, 4) is 5.69 Å². The Kier molecular flexibility index (Phi) is 5.46. The zero-order chi connectivity index (χ0) is 25.1. The SMILES string of the molecule is CC(C)(C)OC(=O)N1C2CCC1CN(c1nc3cc(C(O)C(F)(F)F)cc(-n4cccn4)c3o1)C2. The Bertz CT molecular complexity index is 1220. The zero-order valence-electron chi connectivity index (χ0n) is 19.5. The van der Waals surface area contributed by atoms with Crippen molar-refractivity contribution in [3.05, 3.63) is 36.2 Å². The van der Waals surface area contributed by atoms with E-state index in [-0.39, 0.29) is 46.5 Å². The number of piperazine rings is 1. The number of aliphatic hydroxyl groups excluding tert-OH is 1. The molecule has 35 heavy (non-hydrogen) atoms. The molecule has 188 valence electrons. The van der Waals surface area contributed by atoms with Crippen LogP contribution in [0, 0.1) is 0 Å². The number of nitrogens with zero attached hydrogens (tertiary/aromatic N) is 5. The van der Waals surface area contributed by atoms with Crippen LogP contribution in [0.25, 0.3) is 16.8 Å². The molecule has 2 saturated heterocycles. The smallest absolute Gasteiger partial charge is 0.418 e. The van der Waals surface area contributed by atoms with Crippen LogP contribution in [0.3, 0.4) is 0 Å². The Balaban J connectivity index is 1.48. The van der Waals surface area contributed by atoms with E-state index in [1.807, 2.05) is 25.7 Å². The number of aliphatic hydroxyl groups is 1. The summed E-state index contributed by atoms with van der Waals surface area (Å²) in [4.78, 5) is 20.9. The number of aromatic nitrogens is 3. The van der Waals surface area contributed by atoms with Crippen LogP contribution in [0.5, 0.6) is 0 Å². The average molecular weight is 493 g/mol. The molecule has 2 aliphatic rings. The molecule has 0 aliphatic carbocycles. The summed E-state index contributed by atoms with van der Waals surface area (Å²) in [7, 11) is 0. The summed E-state index contributed by atoms with van der Waals surface area (Å²) in [5.74, 6) is 0. The molecule has 2 fully saturated rings. The fourth-order valence-corrected chi connectivity index (χ4v) is 4.76. The van der Waals surface area contributed by atoms with Gasteiger partial charge >= 0.3 is 12.3 Å². The van der Waals surface area contributed by atoms with Crippen molar-refractivity contribution in [2.45, 2.75) is 63.6 Å². The molecule has 1 N–H and O–H groups in total. The van der Waals surface area contributed by atoms with Crippen molar-refractivity contribution in [3.63, 3.8) is 0 Å². The van der Waals surface area contributed by atoms with Crippen molar-refractivity contribution in [1.29, 1.82) is 0 Å². The minimum Gasteiger partial charge on any atom is -0.444 e. The summed E-state index contributed by atoms with van der Waals surface area (Å²) < 4.78 is 52.7. The summed E-state index contributed by atoms with van der Waals surface area (Å²) in [5.41, 5.74) is -0.294. The Labute approximate surface area is 199 Å². The highest BCUT2D eigenvalue weighted by Gasteiger charge is 2.45. The molecule has 2 bridgehead atoms. The van der Waals surface area contributed by atoms with Crippen LogP contribution in [0.15, 0.2) is 35.0 Å². The first-order valence-corrected chi connectivity index (χ1v) is 11.4. The molecule has 2 aliphatic heterocycles. The van der Waals surface area contributed by atoms with Gasteiger partial charge in [0.05, 0.1) is 12.1 Å². The van der Waals surface area contributed by atoms with E-state index in [2.05, 4.69) is 10.1 Å². The van der Waals surface area contributed by atoms with Crippen LogP contribution in [0.1, 0.15) is 45.3 Å². The lowest BCUT2D eigenvalue weighted by Crippen LogP contribution is -2.56. The maximum Gasteiger partial charge on any atom is 0.418 e. The van der Waals surface area contributed by atoms with Crippen LogP contribution in [0.4, 0.5) is 24.0 Å². The first kappa shape index (κ1) is 23.5. The number of oxazole rings is 1. The van der Waals surface area contributed by atoms with Crippen molar-refractivity contribution in [2.24, 2.45) is 0 Å². The predicted octanol–water partition coefficient (Wildman–Crippen LogP) is 4.20. The van der Waals surface area contributed by atoms with E-state index in [0.29, 0.717) is 13.1 Å². The first-order valence-electron chi connectivity index (χ1n) is 11.4. The van der Waals surface area contributed by atoms with Crippen molar-refractivity contribution in [1.82, 2.24) is 19.7 Å². The molecule has 0 radical (unpaired) electrons. The van der Waals surface area contributed by atoms with Gasteiger partial charge in [-0.3, -0.25) is 4.90 Å². The average Bonchev–Trinajstić information content (AvgIpc) is 3.48. The molecule has 4 heterocycles. The van der Waals surface area contributed by atoms with Gasteiger partial charge in [-0.05, 0) is 57.4 Å². The van der Waals surface area contributed by atoms with E-state index in [9.17, 15) is 23.1 Å². The molecule has 1 aromatic carbocycles. The van der Waals surface area contributed by atoms with Crippen LogP contribution < -0.4 is 4.90 Å².